The maximum absolute atomic E-state index is 8.46. The zero-order chi connectivity index (χ0) is 7.61. The highest BCUT2D eigenvalue weighted by atomic mass is 15.0. The second-order valence-electron chi connectivity index (χ2n) is 3.41. The van der Waals surface area contributed by atoms with Crippen molar-refractivity contribution in [1.82, 2.24) is 5.32 Å². The molecule has 1 N–H and O–H groups in total. The lowest BCUT2D eigenvalue weighted by Gasteiger charge is -2.16. The number of hydrogen-bond acceptors (Lipinski definition) is 2. The van der Waals surface area contributed by atoms with Crippen LogP contribution >= 0.6 is 0 Å². The van der Waals surface area contributed by atoms with E-state index >= 15 is 0 Å². The zero-order valence-electron chi connectivity index (χ0n) is 6.65. The van der Waals surface area contributed by atoms with Crippen LogP contribution in [-0.2, 0) is 0 Å². The molecule has 10 heavy (non-hydrogen) atoms. The third-order valence-electron chi connectivity index (χ3n) is 1.87. The van der Waals surface area contributed by atoms with E-state index in [1.807, 2.05) is 0 Å². The molecule has 0 atom stereocenters. The minimum absolute atomic E-state index is 0.211. The summed E-state index contributed by atoms with van der Waals surface area (Å²) in [7, 11) is 0. The van der Waals surface area contributed by atoms with E-state index in [2.05, 4.69) is 25.2 Å². The molecule has 0 aliphatic heterocycles. The number of rotatable bonds is 3. The Kier molecular flexibility index (Phi) is 1.96. The fourth-order valence-corrected chi connectivity index (χ4v) is 1.29. The molecule has 56 valence electrons. The number of nitriles is 1. The molecule has 1 aliphatic carbocycles. The lowest BCUT2D eigenvalue weighted by molar-refractivity contribution is 0.453. The van der Waals surface area contributed by atoms with E-state index in [4.69, 9.17) is 5.26 Å². The highest BCUT2D eigenvalue weighted by molar-refractivity contribution is 5.07. The number of nitrogens with one attached hydrogen (secondary N) is 1. The Morgan fingerprint density at radius 2 is 2.20 bits per heavy atom. The Hall–Kier alpha value is -0.550. The van der Waals surface area contributed by atoms with Gasteiger partial charge in [0, 0.05) is 11.6 Å². The lowest BCUT2D eigenvalue weighted by Crippen LogP contribution is -2.36. The van der Waals surface area contributed by atoms with Crippen molar-refractivity contribution >= 4 is 0 Å². The van der Waals surface area contributed by atoms with Crippen LogP contribution in [0.5, 0.6) is 0 Å². The average molecular weight is 138 g/mol. The fraction of sp³-hybridized carbons (Fsp3) is 0.875. The largest absolute Gasteiger partial charge is 0.308 e. The smallest absolute Gasteiger partial charge is 0.0641 e. The second-order valence-corrected chi connectivity index (χ2v) is 3.41. The summed E-state index contributed by atoms with van der Waals surface area (Å²) >= 11 is 0. The molecular weight excluding hydrogens is 124 g/mol. The maximum Gasteiger partial charge on any atom is 0.0641 e. The third kappa shape index (κ3) is 1.71. The zero-order valence-corrected chi connectivity index (χ0v) is 6.65. The van der Waals surface area contributed by atoms with Crippen LogP contribution in [0, 0.1) is 11.3 Å². The van der Waals surface area contributed by atoms with Gasteiger partial charge in [-0.3, -0.25) is 0 Å². The molecule has 1 rings (SSSR count). The molecule has 0 heterocycles. The maximum atomic E-state index is 8.46. The van der Waals surface area contributed by atoms with Gasteiger partial charge in [0.15, 0.2) is 0 Å². The summed E-state index contributed by atoms with van der Waals surface area (Å²) in [6.45, 7) is 4.24. The van der Waals surface area contributed by atoms with Crippen LogP contribution in [0.15, 0.2) is 0 Å². The fourth-order valence-electron chi connectivity index (χ4n) is 1.29. The Morgan fingerprint density at radius 1 is 1.60 bits per heavy atom. The van der Waals surface area contributed by atoms with Gasteiger partial charge in [0.05, 0.1) is 12.5 Å². The van der Waals surface area contributed by atoms with Crippen molar-refractivity contribution in [2.24, 2.45) is 0 Å². The summed E-state index contributed by atoms with van der Waals surface area (Å²) in [5.41, 5.74) is 0.211. The van der Waals surface area contributed by atoms with Crippen LogP contribution in [0.1, 0.15) is 33.1 Å². The third-order valence-corrected chi connectivity index (χ3v) is 1.87. The van der Waals surface area contributed by atoms with Gasteiger partial charge in [-0.1, -0.05) is 13.8 Å². The van der Waals surface area contributed by atoms with E-state index in [9.17, 15) is 0 Å². The summed E-state index contributed by atoms with van der Waals surface area (Å²) in [6, 6.07) is 2.72. The highest BCUT2D eigenvalue weighted by Crippen LogP contribution is 2.38. The molecule has 1 fully saturated rings. The van der Waals surface area contributed by atoms with E-state index in [0.717, 1.165) is 0 Å². The van der Waals surface area contributed by atoms with Gasteiger partial charge in [0.1, 0.15) is 0 Å². The molecule has 0 aromatic carbocycles. The van der Waals surface area contributed by atoms with E-state index in [-0.39, 0.29) is 5.54 Å². The lowest BCUT2D eigenvalue weighted by atomic mass is 10.2. The molecule has 0 spiro atoms. The van der Waals surface area contributed by atoms with E-state index < -0.39 is 0 Å². The van der Waals surface area contributed by atoms with Gasteiger partial charge in [-0.15, -0.1) is 0 Å². The van der Waals surface area contributed by atoms with Crippen molar-refractivity contribution in [3.8, 4) is 6.07 Å². The summed E-state index contributed by atoms with van der Waals surface area (Å²) < 4.78 is 0. The first-order chi connectivity index (χ1) is 4.68. The van der Waals surface area contributed by atoms with Gasteiger partial charge in [0.2, 0.25) is 0 Å². The van der Waals surface area contributed by atoms with E-state index in [0.29, 0.717) is 12.5 Å². The van der Waals surface area contributed by atoms with Gasteiger partial charge in [-0.2, -0.15) is 5.26 Å². The molecule has 0 aromatic rings. The molecule has 0 saturated heterocycles. The molecule has 0 aromatic heterocycles. The summed E-state index contributed by atoms with van der Waals surface area (Å²) in [5, 5.41) is 11.9. The Morgan fingerprint density at radius 3 is 2.50 bits per heavy atom. The molecule has 0 bridgehead atoms. The molecule has 0 radical (unpaired) electrons. The monoisotopic (exact) mass is 138 g/mol. The SMILES string of the molecule is CC(C)NC1(CC#N)CC1. The van der Waals surface area contributed by atoms with Gasteiger partial charge in [-0.05, 0) is 12.8 Å². The van der Waals surface area contributed by atoms with E-state index in [1.165, 1.54) is 12.8 Å². The van der Waals surface area contributed by atoms with Crippen LogP contribution in [0.2, 0.25) is 0 Å². The van der Waals surface area contributed by atoms with Crippen molar-refractivity contribution in [1.29, 1.82) is 5.26 Å². The van der Waals surface area contributed by atoms with Gasteiger partial charge >= 0.3 is 0 Å². The highest BCUT2D eigenvalue weighted by Gasteiger charge is 2.42. The summed E-state index contributed by atoms with van der Waals surface area (Å²) in [4.78, 5) is 0. The van der Waals surface area contributed by atoms with Gasteiger partial charge in [-0.25, -0.2) is 0 Å². The Balaban J connectivity index is 2.32. The van der Waals surface area contributed by atoms with Gasteiger partial charge < -0.3 is 5.32 Å². The molecule has 0 amide bonds. The molecule has 2 heteroatoms. The van der Waals surface area contributed by atoms with Crippen LogP contribution in [0.25, 0.3) is 0 Å². The predicted molar refractivity (Wildman–Crippen MR) is 40.5 cm³/mol. The first-order valence-corrected chi connectivity index (χ1v) is 3.83. The van der Waals surface area contributed by atoms with Crippen LogP contribution in [0.4, 0.5) is 0 Å². The average Bonchev–Trinajstić information content (AvgIpc) is 2.47. The normalized spacial score (nSPS) is 20.6. The molecule has 1 aliphatic rings. The van der Waals surface area contributed by atoms with Crippen molar-refractivity contribution in [3.05, 3.63) is 0 Å². The number of hydrogen-bond donors (Lipinski definition) is 1. The number of nitrogens with zero attached hydrogens (tertiary/aromatic N) is 1. The van der Waals surface area contributed by atoms with Crippen LogP contribution in [-0.4, -0.2) is 11.6 Å². The summed E-state index contributed by atoms with van der Waals surface area (Å²) in [6.07, 6.45) is 3.03. The molecular formula is C8H14N2. The van der Waals surface area contributed by atoms with E-state index in [1.54, 1.807) is 0 Å². The molecule has 0 unspecified atom stereocenters. The minimum atomic E-state index is 0.211. The Labute approximate surface area is 62.2 Å². The molecule has 2 nitrogen and oxygen atoms in total. The summed E-state index contributed by atoms with van der Waals surface area (Å²) in [5.74, 6) is 0. The van der Waals surface area contributed by atoms with Crippen molar-refractivity contribution < 1.29 is 0 Å². The van der Waals surface area contributed by atoms with Crippen LogP contribution < -0.4 is 5.32 Å². The standard InChI is InChI=1S/C8H14N2/c1-7(2)10-8(3-4-8)5-6-9/h7,10H,3-5H2,1-2H3. The molecule has 1 saturated carbocycles. The second kappa shape index (κ2) is 2.59. The first kappa shape index (κ1) is 7.56. The predicted octanol–water partition coefficient (Wildman–Crippen LogP) is 1.43. The van der Waals surface area contributed by atoms with Crippen molar-refractivity contribution in [3.63, 3.8) is 0 Å². The van der Waals surface area contributed by atoms with Crippen molar-refractivity contribution in [2.45, 2.75) is 44.7 Å². The van der Waals surface area contributed by atoms with Gasteiger partial charge in [0.25, 0.3) is 0 Å². The van der Waals surface area contributed by atoms with Crippen molar-refractivity contribution in [2.75, 3.05) is 0 Å². The Bertz CT molecular complexity index is 151. The quantitative estimate of drug-likeness (QED) is 0.640. The first-order valence-electron chi connectivity index (χ1n) is 3.83. The van der Waals surface area contributed by atoms with Crippen LogP contribution in [0.3, 0.4) is 0 Å². The minimum Gasteiger partial charge on any atom is -0.308 e. The topological polar surface area (TPSA) is 35.8 Å².